The number of benzene rings is 1. The number of ether oxygens (including phenoxy) is 1. The summed E-state index contributed by atoms with van der Waals surface area (Å²) in [6, 6.07) is 5.64. The van der Waals surface area contributed by atoms with Crippen molar-refractivity contribution in [1.82, 2.24) is 0 Å². The fraction of sp³-hybridized carbons (Fsp3) is 0.154. The van der Waals surface area contributed by atoms with Gasteiger partial charge in [-0.05, 0) is 12.1 Å². The Hall–Kier alpha value is -2.19. The monoisotopic (exact) mass is 355 g/mol. The maximum Gasteiger partial charge on any atom is 0.277 e. The van der Waals surface area contributed by atoms with Crippen molar-refractivity contribution in [3.8, 4) is 5.75 Å². The van der Waals surface area contributed by atoms with Gasteiger partial charge < -0.3 is 14.3 Å². The summed E-state index contributed by atoms with van der Waals surface area (Å²) >= 11 is 3.15. The van der Waals surface area contributed by atoms with Crippen molar-refractivity contribution in [3.05, 3.63) is 66.7 Å². The Morgan fingerprint density at radius 2 is 2.14 bits per heavy atom. The zero-order chi connectivity index (χ0) is 15.4. The van der Waals surface area contributed by atoms with Crippen molar-refractivity contribution in [2.75, 3.05) is 0 Å². The van der Waals surface area contributed by atoms with Crippen LogP contribution in [0.5, 0.6) is 5.75 Å². The summed E-state index contributed by atoms with van der Waals surface area (Å²) in [5.41, 5.74) is -0.250. The lowest BCUT2D eigenvalue weighted by molar-refractivity contribution is -0.385. The lowest BCUT2D eigenvalue weighted by atomic mass is 10.2. The lowest BCUT2D eigenvalue weighted by Gasteiger charge is -2.06. The molecule has 0 atom stereocenters. The van der Waals surface area contributed by atoms with Crippen molar-refractivity contribution in [2.24, 2.45) is 0 Å². The molecule has 1 aromatic carbocycles. The SMILES string of the molecule is O=c1cc(CO)occ1OCc1ccc(Br)cc1[N+](=O)[O-]. The highest BCUT2D eigenvalue weighted by Gasteiger charge is 2.15. The molecule has 0 fully saturated rings. The van der Waals surface area contributed by atoms with Crippen LogP contribution in [-0.2, 0) is 13.2 Å². The summed E-state index contributed by atoms with van der Waals surface area (Å²) in [6.07, 6.45) is 1.07. The van der Waals surface area contributed by atoms with Gasteiger partial charge in [-0.25, -0.2) is 0 Å². The van der Waals surface area contributed by atoms with Crippen molar-refractivity contribution < 1.29 is 19.2 Å². The van der Waals surface area contributed by atoms with Crippen LogP contribution in [0.4, 0.5) is 5.69 Å². The molecule has 7 nitrogen and oxygen atoms in total. The van der Waals surface area contributed by atoms with E-state index in [9.17, 15) is 14.9 Å². The van der Waals surface area contributed by atoms with Gasteiger partial charge in [0.05, 0.1) is 10.5 Å². The minimum absolute atomic E-state index is 0.0792. The van der Waals surface area contributed by atoms with E-state index in [4.69, 9.17) is 14.3 Å². The van der Waals surface area contributed by atoms with E-state index < -0.39 is 17.0 Å². The number of rotatable bonds is 5. The van der Waals surface area contributed by atoms with Gasteiger partial charge in [0, 0.05) is 16.6 Å². The Kier molecular flexibility index (Phi) is 4.71. The van der Waals surface area contributed by atoms with Crippen molar-refractivity contribution in [2.45, 2.75) is 13.2 Å². The van der Waals surface area contributed by atoms with Crippen LogP contribution in [0.2, 0.25) is 0 Å². The van der Waals surface area contributed by atoms with E-state index in [0.717, 1.165) is 12.3 Å². The number of halogens is 1. The molecule has 1 heterocycles. The van der Waals surface area contributed by atoms with Gasteiger partial charge in [0.2, 0.25) is 11.2 Å². The first-order valence-corrected chi connectivity index (χ1v) is 6.58. The summed E-state index contributed by atoms with van der Waals surface area (Å²) in [6.45, 7) is -0.541. The van der Waals surface area contributed by atoms with E-state index in [2.05, 4.69) is 15.9 Å². The maximum absolute atomic E-state index is 11.7. The third kappa shape index (κ3) is 3.67. The van der Waals surface area contributed by atoms with E-state index in [0.29, 0.717) is 10.0 Å². The third-order valence-electron chi connectivity index (χ3n) is 2.64. The van der Waals surface area contributed by atoms with Crippen molar-refractivity contribution >= 4 is 21.6 Å². The highest BCUT2D eigenvalue weighted by atomic mass is 79.9. The second-order valence-electron chi connectivity index (χ2n) is 4.05. The molecule has 0 aliphatic carbocycles. The number of hydrogen-bond donors (Lipinski definition) is 1. The fourth-order valence-corrected chi connectivity index (χ4v) is 1.96. The molecule has 0 radical (unpaired) electrons. The Labute approximate surface area is 127 Å². The van der Waals surface area contributed by atoms with Crippen LogP contribution in [-0.4, -0.2) is 10.0 Å². The first-order chi connectivity index (χ1) is 10.0. The minimum Gasteiger partial charge on any atom is -0.482 e. The fourth-order valence-electron chi connectivity index (χ4n) is 1.61. The number of nitro benzene ring substituents is 1. The molecule has 2 aromatic rings. The maximum atomic E-state index is 11.7. The smallest absolute Gasteiger partial charge is 0.277 e. The van der Waals surface area contributed by atoms with Gasteiger partial charge in [0.1, 0.15) is 25.2 Å². The van der Waals surface area contributed by atoms with Gasteiger partial charge in [-0.2, -0.15) is 0 Å². The van der Waals surface area contributed by atoms with Crippen LogP contribution in [0, 0.1) is 10.1 Å². The van der Waals surface area contributed by atoms with Crippen molar-refractivity contribution in [1.29, 1.82) is 0 Å². The number of nitro groups is 1. The van der Waals surface area contributed by atoms with Crippen LogP contribution in [0.25, 0.3) is 0 Å². The van der Waals surface area contributed by atoms with Crippen LogP contribution >= 0.6 is 15.9 Å². The van der Waals surface area contributed by atoms with Crippen LogP contribution in [0.3, 0.4) is 0 Å². The lowest BCUT2D eigenvalue weighted by Crippen LogP contribution is -2.09. The molecule has 0 saturated heterocycles. The van der Waals surface area contributed by atoms with E-state index in [1.54, 1.807) is 6.07 Å². The van der Waals surface area contributed by atoms with Gasteiger partial charge in [0.15, 0.2) is 0 Å². The topological polar surface area (TPSA) is 103 Å². The molecular formula is C13H10BrNO6. The molecule has 110 valence electrons. The molecule has 0 aliphatic rings. The third-order valence-corrected chi connectivity index (χ3v) is 3.13. The van der Waals surface area contributed by atoms with Gasteiger partial charge in [0.25, 0.3) is 5.69 Å². The Bertz CT molecular complexity index is 727. The molecule has 0 aliphatic heterocycles. The average molecular weight is 356 g/mol. The number of hydrogen-bond acceptors (Lipinski definition) is 6. The van der Waals surface area contributed by atoms with Crippen LogP contribution < -0.4 is 10.2 Å². The molecule has 0 unspecified atom stereocenters. The molecule has 21 heavy (non-hydrogen) atoms. The largest absolute Gasteiger partial charge is 0.482 e. The predicted octanol–water partition coefficient (Wildman–Crippen LogP) is 2.38. The molecule has 0 amide bonds. The Morgan fingerprint density at radius 3 is 2.76 bits per heavy atom. The van der Waals surface area contributed by atoms with E-state index in [-0.39, 0.29) is 23.8 Å². The zero-order valence-corrected chi connectivity index (χ0v) is 12.2. The van der Waals surface area contributed by atoms with Gasteiger partial charge >= 0.3 is 0 Å². The van der Waals surface area contributed by atoms with Crippen LogP contribution in [0.1, 0.15) is 11.3 Å². The van der Waals surface area contributed by atoms with E-state index in [1.807, 2.05) is 0 Å². The quantitative estimate of drug-likeness (QED) is 0.652. The Balaban J connectivity index is 2.21. The van der Waals surface area contributed by atoms with Crippen molar-refractivity contribution in [3.63, 3.8) is 0 Å². The summed E-state index contributed by atoms with van der Waals surface area (Å²) in [5, 5.41) is 19.8. The minimum atomic E-state index is -0.527. The number of nitrogens with zero attached hydrogens (tertiary/aromatic N) is 1. The van der Waals surface area contributed by atoms with Gasteiger partial charge in [-0.3, -0.25) is 14.9 Å². The first-order valence-electron chi connectivity index (χ1n) is 5.79. The second kappa shape index (κ2) is 6.51. The molecule has 1 aromatic heterocycles. The van der Waals surface area contributed by atoms with E-state index in [1.165, 1.54) is 12.1 Å². The Morgan fingerprint density at radius 1 is 1.38 bits per heavy atom. The average Bonchev–Trinajstić information content (AvgIpc) is 2.46. The standard InChI is InChI=1S/C13H10BrNO6/c14-9-2-1-8(11(3-9)15(18)19)6-21-13-7-20-10(5-16)4-12(13)17/h1-4,7,16H,5-6H2. The molecule has 1 N–H and O–H groups in total. The summed E-state index contributed by atoms with van der Waals surface area (Å²) in [7, 11) is 0. The molecule has 0 bridgehead atoms. The zero-order valence-electron chi connectivity index (χ0n) is 10.6. The highest BCUT2D eigenvalue weighted by Crippen LogP contribution is 2.24. The number of aliphatic hydroxyl groups is 1. The van der Waals surface area contributed by atoms with Crippen LogP contribution in [0.15, 0.2) is 44.2 Å². The summed E-state index contributed by atoms with van der Waals surface area (Å²) < 4.78 is 10.8. The highest BCUT2D eigenvalue weighted by molar-refractivity contribution is 9.10. The normalized spacial score (nSPS) is 10.4. The second-order valence-corrected chi connectivity index (χ2v) is 4.97. The predicted molar refractivity (Wildman–Crippen MR) is 76.0 cm³/mol. The summed E-state index contributed by atoms with van der Waals surface area (Å²) in [4.78, 5) is 22.1. The molecular weight excluding hydrogens is 346 g/mol. The van der Waals surface area contributed by atoms with E-state index >= 15 is 0 Å². The molecule has 8 heteroatoms. The molecule has 0 spiro atoms. The summed E-state index contributed by atoms with van der Waals surface area (Å²) in [5.74, 6) is 0.0337. The first kappa shape index (κ1) is 15.2. The molecule has 0 saturated carbocycles. The number of aliphatic hydroxyl groups excluding tert-OH is 1. The van der Waals surface area contributed by atoms with Gasteiger partial charge in [-0.1, -0.05) is 15.9 Å². The molecule has 2 rings (SSSR count). The van der Waals surface area contributed by atoms with Gasteiger partial charge in [-0.15, -0.1) is 0 Å².